The van der Waals surface area contributed by atoms with Crippen LogP contribution in [0.3, 0.4) is 0 Å². The van der Waals surface area contributed by atoms with Crippen molar-refractivity contribution in [1.82, 2.24) is 0 Å². The number of nitrogens with one attached hydrogen (secondary N) is 2. The summed E-state index contributed by atoms with van der Waals surface area (Å²) in [6.45, 7) is 3.85. The molecule has 1 aromatic carbocycles. The van der Waals surface area contributed by atoms with Crippen molar-refractivity contribution in [3.05, 3.63) is 27.7 Å². The molecule has 0 heterocycles. The molecule has 17 heavy (non-hydrogen) atoms. The molecule has 5 nitrogen and oxygen atoms in total. The maximum Gasteiger partial charge on any atom is 0.201 e. The van der Waals surface area contributed by atoms with Crippen molar-refractivity contribution in [2.75, 3.05) is 5.43 Å². The van der Waals surface area contributed by atoms with Gasteiger partial charge in [0.05, 0.1) is 5.69 Å². The highest BCUT2D eigenvalue weighted by atomic mass is 79.9. The van der Waals surface area contributed by atoms with Crippen LogP contribution < -0.4 is 11.2 Å². The third-order valence-corrected chi connectivity index (χ3v) is 2.60. The number of aryl methyl sites for hydroxylation is 2. The van der Waals surface area contributed by atoms with Gasteiger partial charge in [-0.3, -0.25) is 10.8 Å². The van der Waals surface area contributed by atoms with Crippen LogP contribution in [0, 0.1) is 30.6 Å². The number of hydrogen-bond acceptors (Lipinski definition) is 4. The molecule has 0 saturated heterocycles. The minimum atomic E-state index is -0.354. The predicted molar refractivity (Wildman–Crippen MR) is 72.2 cm³/mol. The van der Waals surface area contributed by atoms with Crippen LogP contribution >= 0.6 is 15.9 Å². The molecule has 4 N–H and O–H groups in total. The van der Waals surface area contributed by atoms with Crippen molar-refractivity contribution in [2.24, 2.45) is 10.8 Å². The lowest BCUT2D eigenvalue weighted by molar-refractivity contribution is 1.26. The molecule has 0 amide bonds. The van der Waals surface area contributed by atoms with E-state index in [1.165, 1.54) is 0 Å². The molecule has 0 atom stereocenters. The van der Waals surface area contributed by atoms with E-state index in [1.54, 1.807) is 6.07 Å². The molecule has 0 unspecified atom stereocenters. The number of hydrogen-bond donors (Lipinski definition) is 3. The number of nitriles is 1. The third kappa shape index (κ3) is 3.29. The molecule has 0 aromatic heterocycles. The van der Waals surface area contributed by atoms with E-state index in [0.717, 1.165) is 21.3 Å². The van der Waals surface area contributed by atoms with Crippen molar-refractivity contribution < 1.29 is 0 Å². The van der Waals surface area contributed by atoms with Gasteiger partial charge in [-0.2, -0.15) is 10.4 Å². The number of amidine groups is 1. The number of nitrogens with zero attached hydrogens (tertiary/aromatic N) is 2. The molecule has 0 radical (unpaired) electrons. The third-order valence-electron chi connectivity index (χ3n) is 2.14. The molecule has 0 spiro atoms. The first-order chi connectivity index (χ1) is 7.95. The van der Waals surface area contributed by atoms with Gasteiger partial charge in [0, 0.05) is 4.47 Å². The lowest BCUT2D eigenvalue weighted by atomic mass is 10.1. The summed E-state index contributed by atoms with van der Waals surface area (Å²) in [4.78, 5) is 0. The van der Waals surface area contributed by atoms with E-state index >= 15 is 0 Å². The quantitative estimate of drug-likeness (QED) is 0.453. The Hall–Kier alpha value is -1.87. The zero-order chi connectivity index (χ0) is 13.0. The highest BCUT2D eigenvalue weighted by molar-refractivity contribution is 9.10. The van der Waals surface area contributed by atoms with Gasteiger partial charge in [0.15, 0.2) is 5.84 Å². The minimum Gasteiger partial charge on any atom is -0.382 e. The molecular weight excluding hydrogens is 282 g/mol. The van der Waals surface area contributed by atoms with E-state index in [2.05, 4.69) is 26.5 Å². The Morgan fingerprint density at radius 1 is 1.47 bits per heavy atom. The van der Waals surface area contributed by atoms with Crippen molar-refractivity contribution in [3.8, 4) is 6.07 Å². The first-order valence-electron chi connectivity index (χ1n) is 4.80. The summed E-state index contributed by atoms with van der Waals surface area (Å²) in [5.74, 6) is -0.354. The van der Waals surface area contributed by atoms with Crippen LogP contribution in [0.15, 0.2) is 21.7 Å². The van der Waals surface area contributed by atoms with E-state index in [9.17, 15) is 0 Å². The summed E-state index contributed by atoms with van der Waals surface area (Å²) in [5, 5.41) is 19.6. The molecule has 0 aliphatic carbocycles. The van der Waals surface area contributed by atoms with Crippen LogP contribution in [0.1, 0.15) is 11.1 Å². The summed E-state index contributed by atoms with van der Waals surface area (Å²) >= 11 is 3.39. The van der Waals surface area contributed by atoms with Crippen LogP contribution in [0.25, 0.3) is 0 Å². The predicted octanol–water partition coefficient (Wildman–Crippen LogP) is 2.29. The van der Waals surface area contributed by atoms with Crippen molar-refractivity contribution in [3.63, 3.8) is 0 Å². The first kappa shape index (κ1) is 13.2. The zero-order valence-corrected chi connectivity index (χ0v) is 11.1. The van der Waals surface area contributed by atoms with Gasteiger partial charge in [-0.05, 0) is 37.1 Å². The van der Waals surface area contributed by atoms with Gasteiger partial charge in [-0.25, -0.2) is 0 Å². The monoisotopic (exact) mass is 293 g/mol. The Morgan fingerprint density at radius 2 is 2.00 bits per heavy atom. The van der Waals surface area contributed by atoms with E-state index in [1.807, 2.05) is 26.0 Å². The van der Waals surface area contributed by atoms with Crippen LogP contribution in [0.4, 0.5) is 5.69 Å². The number of anilines is 1. The van der Waals surface area contributed by atoms with E-state index < -0.39 is 0 Å². The smallest absolute Gasteiger partial charge is 0.201 e. The second kappa shape index (κ2) is 5.46. The van der Waals surface area contributed by atoms with E-state index in [4.69, 9.17) is 16.4 Å². The van der Waals surface area contributed by atoms with Crippen LogP contribution in [0.2, 0.25) is 0 Å². The van der Waals surface area contributed by atoms with E-state index in [0.29, 0.717) is 0 Å². The number of hydrazone groups is 1. The number of halogens is 1. The molecule has 0 fully saturated rings. The standard InChI is InChI=1S/C11H12BrN5/c1-6-3-8(12)4-7(2)10(6)17-16-9(5-13)11(14)15/h3-4,17H,1-2H3,(H3,14,15)/b16-9+. The Labute approximate surface area is 108 Å². The Balaban J connectivity index is 3.05. The highest BCUT2D eigenvalue weighted by Gasteiger charge is 2.05. The van der Waals surface area contributed by atoms with Gasteiger partial charge in [0.25, 0.3) is 0 Å². The molecule has 0 aliphatic heterocycles. The molecule has 1 aromatic rings. The fourth-order valence-corrected chi connectivity index (χ4v) is 2.03. The molecule has 88 valence electrons. The lowest BCUT2D eigenvalue weighted by Crippen LogP contribution is -2.22. The van der Waals surface area contributed by atoms with Gasteiger partial charge in [-0.15, -0.1) is 0 Å². The van der Waals surface area contributed by atoms with Gasteiger partial charge in [0.2, 0.25) is 5.71 Å². The maximum absolute atomic E-state index is 8.71. The average Bonchev–Trinajstić information content (AvgIpc) is 2.21. The molecule has 1 rings (SSSR count). The van der Waals surface area contributed by atoms with Gasteiger partial charge >= 0.3 is 0 Å². The number of rotatable bonds is 3. The summed E-state index contributed by atoms with van der Waals surface area (Å²) in [6.07, 6.45) is 0. The highest BCUT2D eigenvalue weighted by Crippen LogP contribution is 2.24. The number of nitrogens with two attached hydrogens (primary N) is 1. The lowest BCUT2D eigenvalue weighted by Gasteiger charge is -2.09. The Morgan fingerprint density at radius 3 is 2.41 bits per heavy atom. The largest absolute Gasteiger partial charge is 0.382 e. The summed E-state index contributed by atoms with van der Waals surface area (Å²) in [6, 6.07) is 5.62. The zero-order valence-electron chi connectivity index (χ0n) is 9.50. The van der Waals surface area contributed by atoms with Gasteiger partial charge in [-0.1, -0.05) is 15.9 Å². The molecule has 0 saturated carbocycles. The van der Waals surface area contributed by atoms with E-state index in [-0.39, 0.29) is 11.5 Å². The van der Waals surface area contributed by atoms with Crippen molar-refractivity contribution in [2.45, 2.75) is 13.8 Å². The van der Waals surface area contributed by atoms with Gasteiger partial charge < -0.3 is 5.73 Å². The molecular formula is C11H12BrN5. The minimum absolute atomic E-state index is 0.133. The summed E-state index contributed by atoms with van der Waals surface area (Å²) < 4.78 is 0.981. The average molecular weight is 294 g/mol. The second-order valence-corrected chi connectivity index (χ2v) is 4.43. The molecule has 6 heteroatoms. The fourth-order valence-electron chi connectivity index (χ4n) is 1.34. The van der Waals surface area contributed by atoms with Gasteiger partial charge in [0.1, 0.15) is 6.07 Å². The maximum atomic E-state index is 8.71. The Kier molecular flexibility index (Phi) is 4.24. The second-order valence-electron chi connectivity index (χ2n) is 3.51. The Bertz CT molecular complexity index is 504. The summed E-state index contributed by atoms with van der Waals surface area (Å²) in [5.41, 5.74) is 10.6. The fraction of sp³-hybridized carbons (Fsp3) is 0.182. The van der Waals surface area contributed by atoms with Crippen molar-refractivity contribution in [1.29, 1.82) is 10.7 Å². The topological polar surface area (TPSA) is 98.0 Å². The molecule has 0 bridgehead atoms. The van der Waals surface area contributed by atoms with Crippen molar-refractivity contribution >= 4 is 33.2 Å². The van der Waals surface area contributed by atoms with Crippen LogP contribution in [-0.4, -0.2) is 11.5 Å². The number of benzene rings is 1. The normalized spacial score (nSPS) is 10.8. The van der Waals surface area contributed by atoms with Crippen LogP contribution in [-0.2, 0) is 0 Å². The SMILES string of the molecule is Cc1cc(Br)cc(C)c1N/N=C(\C#N)C(=N)N. The first-order valence-corrected chi connectivity index (χ1v) is 5.60. The molecule has 0 aliphatic rings. The van der Waals surface area contributed by atoms with Crippen LogP contribution in [0.5, 0.6) is 0 Å². The summed E-state index contributed by atoms with van der Waals surface area (Å²) in [7, 11) is 0.